The molecule has 0 aliphatic heterocycles. The van der Waals surface area contributed by atoms with Crippen molar-refractivity contribution in [3.63, 3.8) is 0 Å². The number of carboxylic acids is 1. The zero-order valence-corrected chi connectivity index (χ0v) is 9.34. The number of hydrogen-bond acceptors (Lipinski definition) is 1. The van der Waals surface area contributed by atoms with E-state index < -0.39 is 5.97 Å². The highest BCUT2D eigenvalue weighted by Crippen LogP contribution is 2.68. The third kappa shape index (κ3) is 1.12. The Morgan fingerprint density at radius 1 is 1.43 bits per heavy atom. The van der Waals surface area contributed by atoms with Gasteiger partial charge in [-0.05, 0) is 41.9 Å². The normalized spacial score (nSPS) is 44.2. The molecule has 80 valence electrons. The summed E-state index contributed by atoms with van der Waals surface area (Å²) in [6.45, 7) is 6.99. The summed E-state index contributed by atoms with van der Waals surface area (Å²) in [6.07, 6.45) is 4.03. The Morgan fingerprint density at radius 2 is 2.07 bits per heavy atom. The van der Waals surface area contributed by atoms with E-state index in [0.29, 0.717) is 29.1 Å². The standard InChI is InChI=1S/C12H20O2/c1-11(2)9-4-5-12(11,3)7-8(9)6-10(13)14/h8-9H,4-7H2,1-3H3,(H,13,14)/t8-,9-,12-/m0/s1. The van der Waals surface area contributed by atoms with Gasteiger partial charge in [-0.3, -0.25) is 4.79 Å². The molecule has 0 aromatic rings. The van der Waals surface area contributed by atoms with Crippen molar-refractivity contribution >= 4 is 5.97 Å². The van der Waals surface area contributed by atoms with Crippen LogP contribution in [0, 0.1) is 22.7 Å². The number of fused-ring (bicyclic) bond motifs is 2. The van der Waals surface area contributed by atoms with E-state index in [-0.39, 0.29) is 0 Å². The fraction of sp³-hybridized carbons (Fsp3) is 0.917. The molecule has 14 heavy (non-hydrogen) atoms. The summed E-state index contributed by atoms with van der Waals surface area (Å²) >= 11 is 0. The molecule has 2 fully saturated rings. The van der Waals surface area contributed by atoms with Crippen molar-refractivity contribution in [2.24, 2.45) is 22.7 Å². The molecule has 2 heteroatoms. The second-order valence-electron chi connectivity index (χ2n) is 5.99. The molecule has 2 aliphatic carbocycles. The average Bonchev–Trinajstić information content (AvgIpc) is 2.31. The van der Waals surface area contributed by atoms with Gasteiger partial charge in [0, 0.05) is 6.42 Å². The highest BCUT2D eigenvalue weighted by atomic mass is 16.4. The first-order valence-corrected chi connectivity index (χ1v) is 5.59. The fourth-order valence-electron chi connectivity index (χ4n) is 3.95. The summed E-state index contributed by atoms with van der Waals surface area (Å²) in [5.41, 5.74) is 0.755. The molecule has 0 saturated heterocycles. The zero-order chi connectivity index (χ0) is 10.6. The van der Waals surface area contributed by atoms with Gasteiger partial charge in [0.15, 0.2) is 0 Å². The molecule has 0 aromatic heterocycles. The monoisotopic (exact) mass is 196 g/mol. The van der Waals surface area contributed by atoms with Crippen molar-refractivity contribution in [3.05, 3.63) is 0 Å². The van der Waals surface area contributed by atoms with Crippen LogP contribution >= 0.6 is 0 Å². The lowest BCUT2D eigenvalue weighted by atomic mass is 9.71. The van der Waals surface area contributed by atoms with Crippen molar-refractivity contribution in [1.82, 2.24) is 0 Å². The van der Waals surface area contributed by atoms with Crippen molar-refractivity contribution in [1.29, 1.82) is 0 Å². The molecule has 0 unspecified atom stereocenters. The van der Waals surface area contributed by atoms with Crippen LogP contribution in [0.15, 0.2) is 0 Å². The van der Waals surface area contributed by atoms with Crippen LogP contribution in [0.5, 0.6) is 0 Å². The van der Waals surface area contributed by atoms with E-state index in [4.69, 9.17) is 5.11 Å². The topological polar surface area (TPSA) is 37.3 Å². The summed E-state index contributed by atoms with van der Waals surface area (Å²) < 4.78 is 0. The van der Waals surface area contributed by atoms with E-state index in [1.54, 1.807) is 0 Å². The maximum atomic E-state index is 10.7. The maximum Gasteiger partial charge on any atom is 0.303 e. The van der Waals surface area contributed by atoms with Crippen molar-refractivity contribution in [2.45, 2.75) is 46.5 Å². The first-order valence-electron chi connectivity index (χ1n) is 5.59. The average molecular weight is 196 g/mol. The molecule has 0 spiro atoms. The van der Waals surface area contributed by atoms with Gasteiger partial charge in [0.1, 0.15) is 0 Å². The van der Waals surface area contributed by atoms with Gasteiger partial charge in [-0.2, -0.15) is 0 Å². The Kier molecular flexibility index (Phi) is 1.96. The molecule has 0 aromatic carbocycles. The highest BCUT2D eigenvalue weighted by Gasteiger charge is 2.60. The third-order valence-corrected chi connectivity index (χ3v) is 5.21. The van der Waals surface area contributed by atoms with E-state index in [0.717, 1.165) is 6.42 Å². The summed E-state index contributed by atoms with van der Waals surface area (Å²) in [4.78, 5) is 10.7. The van der Waals surface area contributed by atoms with Crippen LogP contribution < -0.4 is 0 Å². The Bertz CT molecular complexity index is 267. The predicted octanol–water partition coefficient (Wildman–Crippen LogP) is 2.92. The van der Waals surface area contributed by atoms with Gasteiger partial charge in [-0.25, -0.2) is 0 Å². The number of carbonyl (C=O) groups is 1. The Balaban J connectivity index is 2.19. The summed E-state index contributed by atoms with van der Waals surface area (Å²) in [5, 5.41) is 8.86. The second-order valence-corrected chi connectivity index (χ2v) is 5.99. The first kappa shape index (κ1) is 10.0. The lowest BCUT2D eigenvalue weighted by Gasteiger charge is -2.34. The minimum atomic E-state index is -0.623. The minimum absolute atomic E-state index is 0.354. The Morgan fingerprint density at radius 3 is 2.43 bits per heavy atom. The van der Waals surface area contributed by atoms with Crippen LogP contribution in [-0.4, -0.2) is 11.1 Å². The molecule has 1 N–H and O–H groups in total. The van der Waals surface area contributed by atoms with E-state index in [9.17, 15) is 4.79 Å². The number of rotatable bonds is 2. The van der Waals surface area contributed by atoms with E-state index in [1.165, 1.54) is 12.8 Å². The summed E-state index contributed by atoms with van der Waals surface area (Å²) in [5.74, 6) is 0.451. The number of hydrogen-bond donors (Lipinski definition) is 1. The molecule has 0 radical (unpaired) electrons. The minimum Gasteiger partial charge on any atom is -0.481 e. The van der Waals surface area contributed by atoms with Crippen LogP contribution in [0.1, 0.15) is 46.5 Å². The molecule has 2 nitrogen and oxygen atoms in total. The predicted molar refractivity (Wildman–Crippen MR) is 55.0 cm³/mol. The molecule has 2 saturated carbocycles. The molecule has 0 amide bonds. The second kappa shape index (κ2) is 2.74. The van der Waals surface area contributed by atoms with Crippen LogP contribution in [0.3, 0.4) is 0 Å². The lowest BCUT2D eigenvalue weighted by molar-refractivity contribution is -0.138. The lowest BCUT2D eigenvalue weighted by Crippen LogP contribution is -2.26. The first-order chi connectivity index (χ1) is 6.37. The highest BCUT2D eigenvalue weighted by molar-refractivity contribution is 5.67. The van der Waals surface area contributed by atoms with E-state index in [2.05, 4.69) is 20.8 Å². The molecular formula is C12H20O2. The zero-order valence-electron chi connectivity index (χ0n) is 9.34. The molecule has 3 atom stereocenters. The van der Waals surface area contributed by atoms with Crippen LogP contribution in [0.2, 0.25) is 0 Å². The SMILES string of the molecule is CC1(C)[C@H]2CC[C@@]1(C)C[C@@H]2CC(=O)O. The van der Waals surface area contributed by atoms with Gasteiger partial charge in [-0.15, -0.1) is 0 Å². The van der Waals surface area contributed by atoms with Crippen LogP contribution in [0.4, 0.5) is 0 Å². The van der Waals surface area contributed by atoms with Crippen LogP contribution in [-0.2, 0) is 4.79 Å². The van der Waals surface area contributed by atoms with Crippen molar-refractivity contribution < 1.29 is 9.90 Å². The number of aliphatic carboxylic acids is 1. The van der Waals surface area contributed by atoms with Gasteiger partial charge in [0.2, 0.25) is 0 Å². The smallest absolute Gasteiger partial charge is 0.303 e. The van der Waals surface area contributed by atoms with Crippen molar-refractivity contribution in [2.75, 3.05) is 0 Å². The summed E-state index contributed by atoms with van der Waals surface area (Å²) in [7, 11) is 0. The third-order valence-electron chi connectivity index (χ3n) is 5.21. The molecule has 2 aliphatic rings. The van der Waals surface area contributed by atoms with Crippen LogP contribution in [0.25, 0.3) is 0 Å². The molecule has 0 heterocycles. The Hall–Kier alpha value is -0.530. The summed E-state index contributed by atoms with van der Waals surface area (Å²) in [6, 6.07) is 0. The van der Waals surface area contributed by atoms with E-state index >= 15 is 0 Å². The molecular weight excluding hydrogens is 176 g/mol. The van der Waals surface area contributed by atoms with Gasteiger partial charge in [0.05, 0.1) is 0 Å². The molecule has 2 bridgehead atoms. The largest absolute Gasteiger partial charge is 0.481 e. The van der Waals surface area contributed by atoms with E-state index in [1.807, 2.05) is 0 Å². The fourth-order valence-corrected chi connectivity index (χ4v) is 3.95. The van der Waals surface area contributed by atoms with Gasteiger partial charge >= 0.3 is 5.97 Å². The molecule has 2 rings (SSSR count). The number of carboxylic acid groups (broad SMARTS) is 1. The Labute approximate surface area is 85.7 Å². The van der Waals surface area contributed by atoms with Gasteiger partial charge < -0.3 is 5.11 Å². The van der Waals surface area contributed by atoms with Gasteiger partial charge in [-0.1, -0.05) is 20.8 Å². The quantitative estimate of drug-likeness (QED) is 0.737. The maximum absolute atomic E-state index is 10.7. The van der Waals surface area contributed by atoms with Crippen molar-refractivity contribution in [3.8, 4) is 0 Å². The van der Waals surface area contributed by atoms with Gasteiger partial charge in [0.25, 0.3) is 0 Å².